The Hall–Kier alpha value is -5.85. The highest BCUT2D eigenvalue weighted by molar-refractivity contribution is 5.89. The maximum absolute atomic E-state index is 13.9. The van der Waals surface area contributed by atoms with Crippen LogP contribution in [0, 0.1) is 11.8 Å². The van der Waals surface area contributed by atoms with Crippen LogP contribution in [0.25, 0.3) is 44.3 Å². The number of carbonyl (C=O) groups excluding carboxylic acids is 3. The zero-order chi connectivity index (χ0) is 44.2. The number of nitrogens with one attached hydrogen (secondary N) is 4. The van der Waals surface area contributed by atoms with Crippen molar-refractivity contribution in [3.63, 3.8) is 0 Å². The molecule has 4 atom stereocenters. The molecule has 13 heteroatoms. The molecular weight excluding hydrogens is 793 g/mol. The molecule has 0 unspecified atom stereocenters. The third kappa shape index (κ3) is 7.71. The average molecular weight is 855 g/mol. The van der Waals surface area contributed by atoms with E-state index < -0.39 is 18.2 Å². The molecule has 5 aromatic rings. The van der Waals surface area contributed by atoms with E-state index in [9.17, 15) is 14.4 Å². The number of nitrogens with zero attached hydrogens (tertiary/aromatic N) is 4. The van der Waals surface area contributed by atoms with E-state index in [0.29, 0.717) is 19.0 Å². The second-order valence-electron chi connectivity index (χ2n) is 18.9. The Kier molecular flexibility index (Phi) is 11.5. The lowest BCUT2D eigenvalue weighted by Gasteiger charge is -2.30. The lowest BCUT2D eigenvalue weighted by Crippen LogP contribution is -2.51. The van der Waals surface area contributed by atoms with E-state index in [-0.39, 0.29) is 41.1 Å². The monoisotopic (exact) mass is 854 g/mol. The summed E-state index contributed by atoms with van der Waals surface area (Å²) in [6.07, 6.45) is 9.90. The molecule has 1 saturated carbocycles. The number of aromatic nitrogens is 4. The minimum atomic E-state index is -0.685. The normalized spacial score (nSPS) is 20.3. The zero-order valence-corrected chi connectivity index (χ0v) is 37.6. The first-order valence-corrected chi connectivity index (χ1v) is 23.0. The van der Waals surface area contributed by atoms with Crippen molar-refractivity contribution < 1.29 is 23.9 Å². The van der Waals surface area contributed by atoms with Crippen LogP contribution >= 0.6 is 0 Å². The molecule has 4 aliphatic rings. The summed E-state index contributed by atoms with van der Waals surface area (Å²) in [7, 11) is 2.87. The minimum Gasteiger partial charge on any atom is -0.483 e. The standard InChI is InChI=1S/C50H62N8O5/c1-28(2)43(51-30(5)62-6)47(59)57-24-10-12-40(57)45-52-36-18-14-31(26-38(36)54-45)33-16-17-34(42-35(33)20-23-50(42)21-8-9-22-50)32-15-19-37-39(27-32)55-46(53-37)41-13-11-25-58(41)48(60)44(29(3)4)56-49(61)63-7/h14-19,26-29,40-41,43-44,51H,5,8-13,20-25H2,1-4,6-7H3,(H,52,54)(H,53,55)(H,56,61)/t40-,41-,43-,44-/m0/s1. The number of methoxy groups -OCH3 is 2. The Morgan fingerprint density at radius 1 is 0.714 bits per heavy atom. The largest absolute Gasteiger partial charge is 0.483 e. The number of aromatic amines is 2. The maximum atomic E-state index is 13.9. The first kappa shape index (κ1) is 42.5. The lowest BCUT2D eigenvalue weighted by atomic mass is 9.76. The topological polar surface area (TPSA) is 158 Å². The number of imidazole rings is 2. The van der Waals surface area contributed by atoms with Crippen molar-refractivity contribution in [3.05, 3.63) is 83.8 Å². The van der Waals surface area contributed by atoms with Crippen LogP contribution in [-0.2, 0) is 30.9 Å². The van der Waals surface area contributed by atoms with Crippen molar-refractivity contribution in [2.24, 2.45) is 11.8 Å². The van der Waals surface area contributed by atoms with Crippen LogP contribution in [0.15, 0.2) is 61.0 Å². The number of H-pyrrole nitrogens is 2. The van der Waals surface area contributed by atoms with Gasteiger partial charge < -0.3 is 39.9 Å². The summed E-state index contributed by atoms with van der Waals surface area (Å²) in [5.41, 5.74) is 11.7. The van der Waals surface area contributed by atoms with Crippen molar-refractivity contribution >= 4 is 40.0 Å². The Morgan fingerprint density at radius 2 is 1.24 bits per heavy atom. The van der Waals surface area contributed by atoms with Gasteiger partial charge in [-0.25, -0.2) is 14.8 Å². The molecule has 2 aliphatic carbocycles. The van der Waals surface area contributed by atoms with Gasteiger partial charge in [-0.1, -0.05) is 64.8 Å². The molecule has 3 amide bonds. The van der Waals surface area contributed by atoms with E-state index in [1.165, 1.54) is 66.2 Å². The molecule has 3 fully saturated rings. The molecule has 2 saturated heterocycles. The van der Waals surface area contributed by atoms with E-state index in [4.69, 9.17) is 19.4 Å². The Labute approximate surface area is 369 Å². The predicted molar refractivity (Wildman–Crippen MR) is 245 cm³/mol. The van der Waals surface area contributed by atoms with Gasteiger partial charge in [0.15, 0.2) is 5.88 Å². The molecule has 332 valence electrons. The Morgan fingerprint density at radius 3 is 1.76 bits per heavy atom. The molecule has 3 aromatic carbocycles. The summed E-state index contributed by atoms with van der Waals surface area (Å²) in [5.74, 6) is 1.85. The fourth-order valence-electron chi connectivity index (χ4n) is 11.2. The lowest BCUT2D eigenvalue weighted by molar-refractivity contribution is -0.136. The van der Waals surface area contributed by atoms with Gasteiger partial charge in [0.2, 0.25) is 11.8 Å². The summed E-state index contributed by atoms with van der Waals surface area (Å²) in [6, 6.07) is 16.3. The number of hydrogen-bond donors (Lipinski definition) is 4. The maximum Gasteiger partial charge on any atom is 0.407 e. The second-order valence-corrected chi connectivity index (χ2v) is 18.9. The highest BCUT2D eigenvalue weighted by Gasteiger charge is 2.44. The fraction of sp³-hybridized carbons (Fsp3) is 0.500. The summed E-state index contributed by atoms with van der Waals surface area (Å²) >= 11 is 0. The van der Waals surface area contributed by atoms with Crippen molar-refractivity contribution in [2.45, 2.75) is 121 Å². The van der Waals surface area contributed by atoms with Gasteiger partial charge in [0.05, 0.1) is 48.4 Å². The molecule has 0 bridgehead atoms. The van der Waals surface area contributed by atoms with E-state index in [1.54, 1.807) is 7.11 Å². The van der Waals surface area contributed by atoms with Crippen LogP contribution in [0.4, 0.5) is 4.79 Å². The molecule has 4 N–H and O–H groups in total. The van der Waals surface area contributed by atoms with E-state index in [0.717, 1.165) is 72.2 Å². The molecular formula is C50H62N8O5. The van der Waals surface area contributed by atoms with Gasteiger partial charge in [-0.3, -0.25) is 9.59 Å². The van der Waals surface area contributed by atoms with Crippen LogP contribution in [0.2, 0.25) is 0 Å². The van der Waals surface area contributed by atoms with E-state index in [1.807, 2.05) is 37.5 Å². The van der Waals surface area contributed by atoms with Crippen molar-refractivity contribution in [1.82, 2.24) is 40.4 Å². The third-order valence-electron chi connectivity index (χ3n) is 14.5. The van der Waals surface area contributed by atoms with Gasteiger partial charge in [-0.05, 0) is 133 Å². The minimum absolute atomic E-state index is 0.0361. The van der Waals surface area contributed by atoms with Crippen molar-refractivity contribution in [1.29, 1.82) is 0 Å². The van der Waals surface area contributed by atoms with Crippen LogP contribution in [0.1, 0.15) is 120 Å². The number of amides is 3. The molecule has 1 spiro atoms. The molecule has 0 radical (unpaired) electrons. The smallest absolute Gasteiger partial charge is 0.407 e. The van der Waals surface area contributed by atoms with Gasteiger partial charge in [0.25, 0.3) is 0 Å². The highest BCUT2D eigenvalue weighted by atomic mass is 16.5. The highest BCUT2D eigenvalue weighted by Crippen LogP contribution is 2.55. The SMILES string of the molecule is C=C(N[C@H](C(=O)N1CCC[C@H]1c1nc2ccc(-c3ccc(-c4ccc5nc([C@@H]6CCCN6C(=O)[C@@H](NC(=O)OC)C(C)C)[nH]c5c4)c4c3CCC43CCCC3)cc2[nH]1)C(C)C)OC. The number of likely N-dealkylation sites (tertiary alicyclic amines) is 2. The van der Waals surface area contributed by atoms with Crippen LogP contribution < -0.4 is 10.6 Å². The first-order valence-electron chi connectivity index (χ1n) is 23.0. The van der Waals surface area contributed by atoms with Gasteiger partial charge >= 0.3 is 6.09 Å². The van der Waals surface area contributed by atoms with Crippen molar-refractivity contribution in [2.75, 3.05) is 27.3 Å². The molecule has 63 heavy (non-hydrogen) atoms. The molecule has 2 aliphatic heterocycles. The number of carbonyl (C=O) groups is 3. The van der Waals surface area contributed by atoms with Crippen molar-refractivity contribution in [3.8, 4) is 22.3 Å². The number of ether oxygens (including phenoxy) is 2. The van der Waals surface area contributed by atoms with Gasteiger partial charge in [-0.2, -0.15) is 0 Å². The number of alkyl carbamates (subject to hydrolysis) is 1. The van der Waals surface area contributed by atoms with Crippen LogP contribution in [-0.4, -0.2) is 87.0 Å². The number of fused-ring (bicyclic) bond motifs is 4. The molecule has 2 aromatic heterocycles. The number of rotatable bonds is 12. The average Bonchev–Trinajstić information content (AvgIpc) is 4.15. The van der Waals surface area contributed by atoms with Gasteiger partial charge in [-0.15, -0.1) is 0 Å². The molecule has 9 rings (SSSR count). The van der Waals surface area contributed by atoms with Crippen LogP contribution in [0.3, 0.4) is 0 Å². The first-order chi connectivity index (χ1) is 30.4. The summed E-state index contributed by atoms with van der Waals surface area (Å²) in [5, 5.41) is 5.94. The van der Waals surface area contributed by atoms with Crippen LogP contribution in [0.5, 0.6) is 0 Å². The molecule has 4 heterocycles. The van der Waals surface area contributed by atoms with E-state index in [2.05, 4.69) is 75.7 Å². The Bertz CT molecular complexity index is 2570. The second kappa shape index (κ2) is 17.0. The van der Waals surface area contributed by atoms with Gasteiger partial charge in [0.1, 0.15) is 23.7 Å². The number of hydrogen-bond acceptors (Lipinski definition) is 8. The summed E-state index contributed by atoms with van der Waals surface area (Å²) in [6.45, 7) is 13.1. The fourth-order valence-corrected chi connectivity index (χ4v) is 11.2. The Balaban J connectivity index is 1.02. The van der Waals surface area contributed by atoms with Gasteiger partial charge in [0, 0.05) is 13.1 Å². The third-order valence-corrected chi connectivity index (χ3v) is 14.5. The predicted octanol–water partition coefficient (Wildman–Crippen LogP) is 8.97. The number of benzene rings is 3. The quantitative estimate of drug-likeness (QED) is 0.0907. The van der Waals surface area contributed by atoms with E-state index >= 15 is 0 Å². The summed E-state index contributed by atoms with van der Waals surface area (Å²) < 4.78 is 10.1. The zero-order valence-electron chi connectivity index (χ0n) is 37.6. The summed E-state index contributed by atoms with van der Waals surface area (Å²) in [4.78, 5) is 61.1. The molecule has 13 nitrogen and oxygen atoms in total.